The Morgan fingerprint density at radius 3 is 2.35 bits per heavy atom. The lowest BCUT2D eigenvalue weighted by molar-refractivity contribution is 0.307. The van der Waals surface area contributed by atoms with Gasteiger partial charge in [0.25, 0.3) is 0 Å². The number of nitrogens with one attached hydrogen (secondary N) is 3. The SMILES string of the molecule is CCNC(c1cc2[nH]c(=O)[nH]c2cc1Br)C(C)C(C)C. The fourth-order valence-electron chi connectivity index (χ4n) is 2.49. The van der Waals surface area contributed by atoms with Gasteiger partial charge in [0.1, 0.15) is 0 Å². The van der Waals surface area contributed by atoms with Gasteiger partial charge in [-0.1, -0.05) is 43.6 Å². The van der Waals surface area contributed by atoms with Crippen LogP contribution in [0.3, 0.4) is 0 Å². The van der Waals surface area contributed by atoms with Gasteiger partial charge < -0.3 is 15.3 Å². The maximum absolute atomic E-state index is 11.4. The van der Waals surface area contributed by atoms with Crippen LogP contribution >= 0.6 is 15.9 Å². The summed E-state index contributed by atoms with van der Waals surface area (Å²) in [5, 5.41) is 3.56. The first-order valence-corrected chi connectivity index (χ1v) is 7.88. The Morgan fingerprint density at radius 1 is 1.20 bits per heavy atom. The molecule has 0 aliphatic heterocycles. The van der Waals surface area contributed by atoms with E-state index >= 15 is 0 Å². The molecule has 2 rings (SSSR count). The van der Waals surface area contributed by atoms with Crippen LogP contribution in [0.1, 0.15) is 39.3 Å². The van der Waals surface area contributed by atoms with Crippen LogP contribution < -0.4 is 11.0 Å². The average molecular weight is 340 g/mol. The van der Waals surface area contributed by atoms with Crippen LogP contribution in [0.4, 0.5) is 0 Å². The Hall–Kier alpha value is -1.07. The summed E-state index contributed by atoms with van der Waals surface area (Å²) < 4.78 is 1.03. The number of H-pyrrole nitrogens is 2. The van der Waals surface area contributed by atoms with Crippen molar-refractivity contribution in [3.8, 4) is 0 Å². The number of aromatic nitrogens is 2. The molecule has 0 bridgehead atoms. The molecule has 20 heavy (non-hydrogen) atoms. The topological polar surface area (TPSA) is 60.7 Å². The summed E-state index contributed by atoms with van der Waals surface area (Å²) in [5.41, 5.74) is 2.71. The third kappa shape index (κ3) is 2.99. The highest BCUT2D eigenvalue weighted by molar-refractivity contribution is 9.10. The van der Waals surface area contributed by atoms with Gasteiger partial charge >= 0.3 is 5.69 Å². The van der Waals surface area contributed by atoms with E-state index in [9.17, 15) is 4.79 Å². The maximum atomic E-state index is 11.4. The highest BCUT2D eigenvalue weighted by atomic mass is 79.9. The number of benzene rings is 1. The lowest BCUT2D eigenvalue weighted by atomic mass is 9.86. The van der Waals surface area contributed by atoms with Crippen LogP contribution in [0.15, 0.2) is 21.4 Å². The Balaban J connectivity index is 2.51. The van der Waals surface area contributed by atoms with Crippen molar-refractivity contribution in [2.45, 2.75) is 33.7 Å². The minimum absolute atomic E-state index is 0.166. The first kappa shape index (κ1) is 15.3. The van der Waals surface area contributed by atoms with Crippen molar-refractivity contribution < 1.29 is 0 Å². The molecule has 2 aromatic rings. The first-order chi connectivity index (χ1) is 9.43. The molecule has 4 nitrogen and oxygen atoms in total. The van der Waals surface area contributed by atoms with Crippen molar-refractivity contribution in [1.29, 1.82) is 0 Å². The standard InChI is InChI=1S/C15H22BrN3O/c1-5-17-14(9(4)8(2)3)10-6-12-13(7-11(10)16)19-15(20)18-12/h6-9,14,17H,5H2,1-4H3,(H2,18,19,20). The van der Waals surface area contributed by atoms with E-state index in [0.717, 1.165) is 22.1 Å². The second-order valence-electron chi connectivity index (χ2n) is 5.64. The number of aromatic amines is 2. The van der Waals surface area contributed by atoms with Crippen LogP contribution in [0.25, 0.3) is 11.0 Å². The summed E-state index contributed by atoms with van der Waals surface area (Å²) >= 11 is 3.64. The Morgan fingerprint density at radius 2 is 1.80 bits per heavy atom. The molecule has 0 aliphatic rings. The third-order valence-electron chi connectivity index (χ3n) is 3.97. The van der Waals surface area contributed by atoms with Gasteiger partial charge in [0.15, 0.2) is 0 Å². The van der Waals surface area contributed by atoms with E-state index < -0.39 is 0 Å². The van der Waals surface area contributed by atoms with E-state index in [1.54, 1.807) is 0 Å². The fourth-order valence-corrected chi connectivity index (χ4v) is 3.08. The minimum atomic E-state index is -0.166. The molecule has 0 radical (unpaired) electrons. The number of halogens is 1. The number of fused-ring (bicyclic) bond motifs is 1. The van der Waals surface area contributed by atoms with Crippen molar-refractivity contribution in [3.05, 3.63) is 32.7 Å². The highest BCUT2D eigenvalue weighted by Crippen LogP contribution is 2.34. The molecular formula is C15H22BrN3O. The Bertz CT molecular complexity index is 644. The average Bonchev–Trinajstić information content (AvgIpc) is 2.73. The van der Waals surface area contributed by atoms with Gasteiger partial charge in [0, 0.05) is 10.5 Å². The summed E-state index contributed by atoms with van der Waals surface area (Å²) in [7, 11) is 0. The first-order valence-electron chi connectivity index (χ1n) is 7.08. The highest BCUT2D eigenvalue weighted by Gasteiger charge is 2.23. The number of imidazole rings is 1. The van der Waals surface area contributed by atoms with Crippen molar-refractivity contribution in [2.24, 2.45) is 11.8 Å². The van der Waals surface area contributed by atoms with E-state index in [-0.39, 0.29) is 11.7 Å². The Labute approximate surface area is 127 Å². The molecule has 0 fully saturated rings. The van der Waals surface area contributed by atoms with Crippen LogP contribution in [0, 0.1) is 11.8 Å². The van der Waals surface area contributed by atoms with E-state index in [1.165, 1.54) is 5.56 Å². The van der Waals surface area contributed by atoms with Gasteiger partial charge in [-0.25, -0.2) is 4.79 Å². The maximum Gasteiger partial charge on any atom is 0.323 e. The molecule has 2 unspecified atom stereocenters. The molecule has 5 heteroatoms. The molecule has 1 aromatic carbocycles. The van der Waals surface area contributed by atoms with Crippen molar-refractivity contribution in [2.75, 3.05) is 6.54 Å². The third-order valence-corrected chi connectivity index (χ3v) is 4.66. The number of hydrogen-bond donors (Lipinski definition) is 3. The monoisotopic (exact) mass is 339 g/mol. The molecule has 0 spiro atoms. The molecule has 3 N–H and O–H groups in total. The zero-order valence-corrected chi connectivity index (χ0v) is 14.0. The van der Waals surface area contributed by atoms with Crippen molar-refractivity contribution >= 4 is 27.0 Å². The lowest BCUT2D eigenvalue weighted by Crippen LogP contribution is -2.29. The largest absolute Gasteiger partial charge is 0.323 e. The summed E-state index contributed by atoms with van der Waals surface area (Å²) in [6, 6.07) is 4.29. The summed E-state index contributed by atoms with van der Waals surface area (Å²) in [6.45, 7) is 9.76. The second kappa shape index (κ2) is 6.14. The van der Waals surface area contributed by atoms with E-state index in [1.807, 2.05) is 6.07 Å². The smallest absolute Gasteiger partial charge is 0.310 e. The zero-order valence-electron chi connectivity index (χ0n) is 12.4. The summed E-state index contributed by atoms with van der Waals surface area (Å²) in [4.78, 5) is 17.0. The molecule has 110 valence electrons. The van der Waals surface area contributed by atoms with Crippen molar-refractivity contribution in [1.82, 2.24) is 15.3 Å². The molecule has 0 amide bonds. The summed E-state index contributed by atoms with van der Waals surface area (Å²) in [6.07, 6.45) is 0. The summed E-state index contributed by atoms with van der Waals surface area (Å²) in [5.74, 6) is 1.07. The van der Waals surface area contributed by atoms with Gasteiger partial charge in [-0.2, -0.15) is 0 Å². The van der Waals surface area contributed by atoms with E-state index in [0.29, 0.717) is 11.8 Å². The molecule has 0 saturated heterocycles. The molecule has 0 aliphatic carbocycles. The number of rotatable bonds is 5. The Kier molecular flexibility index (Phi) is 4.70. The molecule has 1 heterocycles. The van der Waals surface area contributed by atoms with E-state index in [2.05, 4.69) is 65.0 Å². The minimum Gasteiger partial charge on any atom is -0.310 e. The van der Waals surface area contributed by atoms with Gasteiger partial charge in [-0.05, 0) is 36.1 Å². The van der Waals surface area contributed by atoms with Crippen LogP contribution in [-0.4, -0.2) is 16.5 Å². The zero-order chi connectivity index (χ0) is 14.9. The van der Waals surface area contributed by atoms with Crippen LogP contribution in [-0.2, 0) is 0 Å². The quantitative estimate of drug-likeness (QED) is 0.779. The van der Waals surface area contributed by atoms with Gasteiger partial charge in [0.05, 0.1) is 11.0 Å². The van der Waals surface area contributed by atoms with Gasteiger partial charge in [-0.15, -0.1) is 0 Å². The van der Waals surface area contributed by atoms with Crippen LogP contribution in [0.2, 0.25) is 0 Å². The van der Waals surface area contributed by atoms with Gasteiger partial charge in [-0.3, -0.25) is 0 Å². The van der Waals surface area contributed by atoms with E-state index in [4.69, 9.17) is 0 Å². The normalized spacial score (nSPS) is 14.9. The lowest BCUT2D eigenvalue weighted by Gasteiger charge is -2.29. The predicted molar refractivity (Wildman–Crippen MR) is 87.0 cm³/mol. The van der Waals surface area contributed by atoms with Crippen molar-refractivity contribution in [3.63, 3.8) is 0 Å². The molecule has 2 atom stereocenters. The van der Waals surface area contributed by atoms with Gasteiger partial charge in [0.2, 0.25) is 0 Å². The van der Waals surface area contributed by atoms with Crippen LogP contribution in [0.5, 0.6) is 0 Å². The fraction of sp³-hybridized carbons (Fsp3) is 0.533. The molecule has 1 aromatic heterocycles. The second-order valence-corrected chi connectivity index (χ2v) is 6.49. The number of hydrogen-bond acceptors (Lipinski definition) is 2. The predicted octanol–water partition coefficient (Wildman–Crippen LogP) is 3.56. The molecular weight excluding hydrogens is 318 g/mol. The molecule has 0 saturated carbocycles.